The number of fused-ring (bicyclic) bond motifs is 1. The first-order valence-electron chi connectivity index (χ1n) is 6.09. The van der Waals surface area contributed by atoms with Gasteiger partial charge in [0.15, 0.2) is 5.65 Å². The van der Waals surface area contributed by atoms with Crippen LogP contribution in [-0.4, -0.2) is 14.4 Å². The van der Waals surface area contributed by atoms with Crippen molar-refractivity contribution in [3.8, 4) is 11.3 Å². The Bertz CT molecular complexity index is 976. The Balaban J connectivity index is 2.46. The molecule has 1 aromatic carbocycles. The number of aryl methyl sites for hydroxylation is 1. The SMILES string of the molecule is Cc1nc2c(-c3ccc(Cl)cc3F)nc(Br)cn2c(=O)c1I. The van der Waals surface area contributed by atoms with Crippen molar-refractivity contribution in [1.82, 2.24) is 14.4 Å². The van der Waals surface area contributed by atoms with E-state index in [9.17, 15) is 9.18 Å². The number of hydrogen-bond acceptors (Lipinski definition) is 3. The van der Waals surface area contributed by atoms with E-state index in [0.29, 0.717) is 19.5 Å². The first-order valence-corrected chi connectivity index (χ1v) is 8.34. The third kappa shape index (κ3) is 2.65. The second-order valence-corrected chi connectivity index (χ2v) is 6.87. The monoisotopic (exact) mass is 493 g/mol. The normalized spacial score (nSPS) is 11.1. The van der Waals surface area contributed by atoms with Crippen LogP contribution in [0.4, 0.5) is 4.39 Å². The summed E-state index contributed by atoms with van der Waals surface area (Å²) in [5.74, 6) is -0.523. The molecule has 0 amide bonds. The second-order valence-electron chi connectivity index (χ2n) is 4.55. The molecule has 4 nitrogen and oxygen atoms in total. The highest BCUT2D eigenvalue weighted by molar-refractivity contribution is 14.1. The molecule has 3 aromatic rings. The lowest BCUT2D eigenvalue weighted by molar-refractivity contribution is 0.630. The predicted molar refractivity (Wildman–Crippen MR) is 94.8 cm³/mol. The van der Waals surface area contributed by atoms with Gasteiger partial charge in [-0.25, -0.2) is 14.4 Å². The van der Waals surface area contributed by atoms with Crippen LogP contribution in [-0.2, 0) is 0 Å². The van der Waals surface area contributed by atoms with Gasteiger partial charge >= 0.3 is 0 Å². The van der Waals surface area contributed by atoms with Gasteiger partial charge in [0.05, 0.1) is 5.69 Å². The largest absolute Gasteiger partial charge is 0.271 e. The fourth-order valence-corrected chi connectivity index (χ4v) is 2.98. The van der Waals surface area contributed by atoms with E-state index in [1.54, 1.807) is 13.0 Å². The molecule has 0 radical (unpaired) electrons. The number of hydrogen-bond donors (Lipinski definition) is 0. The standard InChI is InChI=1S/C14H7BrClFIN3O/c1-6-11(18)14(22)21-5-10(15)20-12(13(21)19-6)8-3-2-7(16)4-9(8)17/h2-5H,1H3. The number of aromatic nitrogens is 3. The molecule has 0 saturated carbocycles. The topological polar surface area (TPSA) is 47.3 Å². The quantitative estimate of drug-likeness (QED) is 0.476. The van der Waals surface area contributed by atoms with Gasteiger partial charge in [0.25, 0.3) is 5.56 Å². The molecule has 0 N–H and O–H groups in total. The summed E-state index contributed by atoms with van der Waals surface area (Å²) in [6.07, 6.45) is 1.52. The van der Waals surface area contributed by atoms with Crippen LogP contribution >= 0.6 is 50.1 Å². The molecule has 0 aliphatic rings. The highest BCUT2D eigenvalue weighted by Crippen LogP contribution is 2.28. The zero-order valence-electron chi connectivity index (χ0n) is 11.1. The van der Waals surface area contributed by atoms with Crippen LogP contribution < -0.4 is 5.56 Å². The van der Waals surface area contributed by atoms with Gasteiger partial charge in [-0.1, -0.05) is 11.6 Å². The molecular formula is C14H7BrClFIN3O. The van der Waals surface area contributed by atoms with Crippen LogP contribution in [0, 0.1) is 16.3 Å². The maximum atomic E-state index is 14.2. The summed E-state index contributed by atoms with van der Waals surface area (Å²) in [5, 5.41) is 0.288. The lowest BCUT2D eigenvalue weighted by atomic mass is 10.1. The highest BCUT2D eigenvalue weighted by atomic mass is 127. The van der Waals surface area contributed by atoms with E-state index < -0.39 is 5.82 Å². The fraction of sp³-hybridized carbons (Fsp3) is 0.0714. The summed E-state index contributed by atoms with van der Waals surface area (Å²) in [7, 11) is 0. The van der Waals surface area contributed by atoms with Gasteiger partial charge in [0, 0.05) is 16.8 Å². The van der Waals surface area contributed by atoms with Crippen molar-refractivity contribution >= 4 is 55.8 Å². The third-order valence-corrected chi connectivity index (χ3v) is 4.94. The van der Waals surface area contributed by atoms with Crippen molar-refractivity contribution in [2.45, 2.75) is 6.92 Å². The minimum Gasteiger partial charge on any atom is -0.268 e. The predicted octanol–water partition coefficient (Wildman–Crippen LogP) is 4.22. The van der Waals surface area contributed by atoms with Gasteiger partial charge in [-0.05, 0) is 63.6 Å². The van der Waals surface area contributed by atoms with Gasteiger partial charge < -0.3 is 0 Å². The lowest BCUT2D eigenvalue weighted by Crippen LogP contribution is -2.20. The molecule has 0 unspecified atom stereocenters. The minimum atomic E-state index is -0.523. The first-order chi connectivity index (χ1) is 10.4. The molecule has 0 fully saturated rings. The Labute approximate surface area is 151 Å². The Morgan fingerprint density at radius 2 is 2.09 bits per heavy atom. The molecule has 2 aromatic heterocycles. The maximum Gasteiger partial charge on any atom is 0.271 e. The maximum absolute atomic E-state index is 14.2. The van der Waals surface area contributed by atoms with Crippen LogP contribution in [0.3, 0.4) is 0 Å². The second kappa shape index (κ2) is 5.86. The molecule has 0 bridgehead atoms. The lowest BCUT2D eigenvalue weighted by Gasteiger charge is -2.10. The van der Waals surface area contributed by atoms with Crippen LogP contribution in [0.15, 0.2) is 33.8 Å². The van der Waals surface area contributed by atoms with Crippen LogP contribution in [0.5, 0.6) is 0 Å². The molecule has 2 heterocycles. The van der Waals surface area contributed by atoms with Gasteiger partial charge in [-0.15, -0.1) is 0 Å². The summed E-state index contributed by atoms with van der Waals surface area (Å²) in [4.78, 5) is 21.0. The Morgan fingerprint density at radius 3 is 2.77 bits per heavy atom. The van der Waals surface area contributed by atoms with E-state index >= 15 is 0 Å². The van der Waals surface area contributed by atoms with Crippen molar-refractivity contribution in [3.05, 3.63) is 59.5 Å². The smallest absolute Gasteiger partial charge is 0.268 e. The number of nitrogens with zero attached hydrogens (tertiary/aromatic N) is 3. The molecule has 0 atom stereocenters. The van der Waals surface area contributed by atoms with E-state index in [2.05, 4.69) is 25.9 Å². The van der Waals surface area contributed by atoms with Crippen molar-refractivity contribution < 1.29 is 4.39 Å². The van der Waals surface area contributed by atoms with Gasteiger partial charge in [0.2, 0.25) is 0 Å². The zero-order chi connectivity index (χ0) is 16.0. The molecular weight excluding hydrogens is 487 g/mol. The van der Waals surface area contributed by atoms with Crippen molar-refractivity contribution in [2.75, 3.05) is 0 Å². The first kappa shape index (κ1) is 15.8. The minimum absolute atomic E-state index is 0.221. The highest BCUT2D eigenvalue weighted by Gasteiger charge is 2.16. The van der Waals surface area contributed by atoms with Crippen LogP contribution in [0.25, 0.3) is 16.9 Å². The Kier molecular flexibility index (Phi) is 4.21. The molecule has 112 valence electrons. The summed E-state index contributed by atoms with van der Waals surface area (Å²) < 4.78 is 16.5. The Morgan fingerprint density at radius 1 is 1.36 bits per heavy atom. The summed E-state index contributed by atoms with van der Waals surface area (Å²) in [6, 6.07) is 4.29. The van der Waals surface area contributed by atoms with E-state index in [1.807, 2.05) is 22.6 Å². The third-order valence-electron chi connectivity index (χ3n) is 3.08. The summed E-state index contributed by atoms with van der Waals surface area (Å²) in [6.45, 7) is 1.73. The van der Waals surface area contributed by atoms with Gasteiger partial charge in [-0.2, -0.15) is 0 Å². The molecule has 0 aliphatic heterocycles. The van der Waals surface area contributed by atoms with E-state index in [-0.39, 0.29) is 21.8 Å². The number of halogens is 4. The van der Waals surface area contributed by atoms with E-state index in [1.165, 1.54) is 22.7 Å². The number of benzene rings is 1. The van der Waals surface area contributed by atoms with Crippen LogP contribution in [0.1, 0.15) is 5.69 Å². The van der Waals surface area contributed by atoms with Gasteiger partial charge in [-0.3, -0.25) is 9.20 Å². The van der Waals surface area contributed by atoms with Crippen molar-refractivity contribution in [3.63, 3.8) is 0 Å². The molecule has 22 heavy (non-hydrogen) atoms. The zero-order valence-corrected chi connectivity index (χ0v) is 15.6. The summed E-state index contributed by atoms with van der Waals surface area (Å²) in [5.41, 5.74) is 1.16. The number of rotatable bonds is 1. The average molecular weight is 494 g/mol. The molecule has 3 rings (SSSR count). The van der Waals surface area contributed by atoms with E-state index in [0.717, 1.165) is 0 Å². The molecule has 0 saturated heterocycles. The fourth-order valence-electron chi connectivity index (χ4n) is 2.06. The Hall–Kier alpha value is -1.06. The molecule has 0 aliphatic carbocycles. The average Bonchev–Trinajstić information content (AvgIpc) is 2.46. The molecule has 8 heteroatoms. The molecule has 0 spiro atoms. The van der Waals surface area contributed by atoms with E-state index in [4.69, 9.17) is 11.6 Å². The summed E-state index contributed by atoms with van der Waals surface area (Å²) >= 11 is 11.0. The van der Waals surface area contributed by atoms with Crippen molar-refractivity contribution in [1.29, 1.82) is 0 Å². The van der Waals surface area contributed by atoms with Crippen LogP contribution in [0.2, 0.25) is 5.02 Å². The van der Waals surface area contributed by atoms with Gasteiger partial charge in [0.1, 0.15) is 19.7 Å². The van der Waals surface area contributed by atoms with Crippen molar-refractivity contribution in [2.24, 2.45) is 0 Å².